The van der Waals surface area contributed by atoms with Crippen LogP contribution in [0.5, 0.6) is 0 Å². The Kier molecular flexibility index (Phi) is 4.42. The maximum Gasteiger partial charge on any atom is 0.181 e. The summed E-state index contributed by atoms with van der Waals surface area (Å²) in [7, 11) is 1.41. The zero-order valence-corrected chi connectivity index (χ0v) is 11.9. The number of hydrogen-bond acceptors (Lipinski definition) is 5. The number of aryl methyl sites for hydroxylation is 1. The molecule has 0 aliphatic rings. The van der Waals surface area contributed by atoms with E-state index in [4.69, 9.17) is 0 Å². The molecule has 1 aromatic carbocycles. The molecule has 1 unspecified atom stereocenters. The molecule has 0 aliphatic carbocycles. The first-order valence-corrected chi connectivity index (χ1v) is 7.67. The van der Waals surface area contributed by atoms with Crippen molar-refractivity contribution in [2.75, 3.05) is 0 Å². The molecule has 0 saturated carbocycles. The Morgan fingerprint density at radius 3 is 2.59 bits per heavy atom. The summed E-state index contributed by atoms with van der Waals surface area (Å²) in [6.07, 6.45) is 1.74. The average Bonchev–Trinajstić information content (AvgIpc) is 2.87. The predicted molar refractivity (Wildman–Crippen MR) is 79.4 cm³/mol. The molecule has 0 amide bonds. The zero-order valence-electron chi connectivity index (χ0n) is 9.32. The van der Waals surface area contributed by atoms with Crippen LogP contribution in [0.4, 0.5) is 0 Å². The number of benzene rings is 1. The Labute approximate surface area is 115 Å². The summed E-state index contributed by atoms with van der Waals surface area (Å²) in [5.41, 5.74) is 2.15. The first-order valence-electron chi connectivity index (χ1n) is 5.22. The van der Waals surface area contributed by atoms with Crippen molar-refractivity contribution < 1.29 is 0 Å². The van der Waals surface area contributed by atoms with Gasteiger partial charge in [0.25, 0.3) is 0 Å². The molecule has 90 valence electrons. The molecule has 2 aromatic rings. The van der Waals surface area contributed by atoms with E-state index in [0.29, 0.717) is 0 Å². The van der Waals surface area contributed by atoms with Gasteiger partial charge in [0, 0.05) is 12.1 Å². The molecule has 2 rings (SSSR count). The highest BCUT2D eigenvalue weighted by Gasteiger charge is 2.07. The van der Waals surface area contributed by atoms with Crippen LogP contribution in [0.15, 0.2) is 30.6 Å². The Morgan fingerprint density at radius 2 is 2.06 bits per heavy atom. The highest BCUT2D eigenvalue weighted by molar-refractivity contribution is 8.70. The molecule has 17 heavy (non-hydrogen) atoms. The van der Waals surface area contributed by atoms with Crippen molar-refractivity contribution in [3.63, 3.8) is 0 Å². The van der Waals surface area contributed by atoms with Gasteiger partial charge >= 0.3 is 0 Å². The van der Waals surface area contributed by atoms with Crippen LogP contribution in [0, 0.1) is 0 Å². The van der Waals surface area contributed by atoms with Gasteiger partial charge in [0.1, 0.15) is 6.33 Å². The zero-order chi connectivity index (χ0) is 12.3. The lowest BCUT2D eigenvalue weighted by Crippen LogP contribution is -1.94. The maximum atomic E-state index is 4.41. The van der Waals surface area contributed by atoms with E-state index in [2.05, 4.69) is 34.4 Å². The molecule has 0 saturated heterocycles. The minimum atomic E-state index is 0.0912. The molecule has 0 N–H and O–H groups in total. The van der Waals surface area contributed by atoms with Crippen LogP contribution in [-0.4, -0.2) is 14.8 Å². The van der Waals surface area contributed by atoms with E-state index in [-0.39, 0.29) is 4.58 Å². The van der Waals surface area contributed by atoms with Crippen molar-refractivity contribution in [1.29, 1.82) is 0 Å². The van der Waals surface area contributed by atoms with Gasteiger partial charge < -0.3 is 0 Å². The molecule has 0 radical (unpaired) electrons. The number of nitrogens with zero attached hydrogens (tertiary/aromatic N) is 3. The largest absolute Gasteiger partial charge is 0.253 e. The van der Waals surface area contributed by atoms with Crippen molar-refractivity contribution in [2.45, 2.75) is 18.1 Å². The second-order valence-corrected chi connectivity index (χ2v) is 5.68. The van der Waals surface area contributed by atoms with E-state index in [1.54, 1.807) is 6.33 Å². The van der Waals surface area contributed by atoms with Gasteiger partial charge in [-0.2, -0.15) is 17.7 Å². The fourth-order valence-corrected chi connectivity index (χ4v) is 2.25. The summed E-state index contributed by atoms with van der Waals surface area (Å²) in [6.45, 7) is 2.87. The normalized spacial score (nSPS) is 12.6. The highest BCUT2D eigenvalue weighted by Crippen LogP contribution is 2.35. The Bertz CT molecular complexity index is 481. The van der Waals surface area contributed by atoms with E-state index < -0.39 is 0 Å². The summed E-state index contributed by atoms with van der Waals surface area (Å²) >= 11 is 8.56. The minimum absolute atomic E-state index is 0.0912. The predicted octanol–water partition coefficient (Wildman–Crippen LogP) is 3.47. The summed E-state index contributed by atoms with van der Waals surface area (Å²) in [5.74, 6) is 0.757. The van der Waals surface area contributed by atoms with E-state index in [1.165, 1.54) is 10.8 Å². The highest BCUT2D eigenvalue weighted by atomic mass is 33.1. The molecule has 0 aliphatic heterocycles. The Balaban J connectivity index is 2.22. The van der Waals surface area contributed by atoms with Crippen LogP contribution < -0.4 is 0 Å². The van der Waals surface area contributed by atoms with Crippen molar-refractivity contribution in [3.8, 4) is 11.4 Å². The molecule has 3 nitrogen and oxygen atoms in total. The van der Waals surface area contributed by atoms with E-state index in [9.17, 15) is 0 Å². The van der Waals surface area contributed by atoms with Crippen LogP contribution >= 0.6 is 35.1 Å². The van der Waals surface area contributed by atoms with E-state index >= 15 is 0 Å². The van der Waals surface area contributed by atoms with Crippen LogP contribution in [-0.2, 0) is 6.54 Å². The van der Waals surface area contributed by atoms with Crippen molar-refractivity contribution >= 4 is 35.1 Å². The second kappa shape index (κ2) is 5.84. The SMILES string of the molecule is CCn1cnc(-c2ccc(C(S)SS)cc2)n1. The van der Waals surface area contributed by atoms with Crippen LogP contribution in [0.2, 0.25) is 0 Å². The van der Waals surface area contributed by atoms with Gasteiger partial charge in [0.2, 0.25) is 0 Å². The first-order chi connectivity index (χ1) is 8.24. The van der Waals surface area contributed by atoms with Crippen LogP contribution in [0.3, 0.4) is 0 Å². The van der Waals surface area contributed by atoms with Gasteiger partial charge in [-0.05, 0) is 12.5 Å². The molecule has 1 aromatic heterocycles. The van der Waals surface area contributed by atoms with Gasteiger partial charge in [0.05, 0.1) is 4.58 Å². The van der Waals surface area contributed by atoms with Gasteiger partial charge in [-0.25, -0.2) is 4.98 Å². The molecule has 6 heteroatoms. The Morgan fingerprint density at radius 1 is 1.35 bits per heavy atom. The van der Waals surface area contributed by atoms with Gasteiger partial charge in [-0.3, -0.25) is 4.68 Å². The molecular formula is C11H13N3S3. The number of rotatable bonds is 4. The van der Waals surface area contributed by atoms with E-state index in [0.717, 1.165) is 23.5 Å². The lowest BCUT2D eigenvalue weighted by Gasteiger charge is -2.06. The van der Waals surface area contributed by atoms with Crippen molar-refractivity contribution in [2.24, 2.45) is 0 Å². The molecule has 1 heterocycles. The molecular weight excluding hydrogens is 270 g/mol. The third-order valence-corrected chi connectivity index (χ3v) is 4.63. The summed E-state index contributed by atoms with van der Waals surface area (Å²) in [4.78, 5) is 4.26. The first kappa shape index (κ1) is 12.9. The second-order valence-electron chi connectivity index (χ2n) is 3.50. The molecule has 1 atom stereocenters. The summed E-state index contributed by atoms with van der Waals surface area (Å²) in [6, 6.07) is 8.08. The fraction of sp³-hybridized carbons (Fsp3) is 0.273. The smallest absolute Gasteiger partial charge is 0.181 e. The molecule has 0 bridgehead atoms. The minimum Gasteiger partial charge on any atom is -0.253 e. The monoisotopic (exact) mass is 283 g/mol. The quantitative estimate of drug-likeness (QED) is 0.512. The fourth-order valence-electron chi connectivity index (χ4n) is 1.44. The van der Waals surface area contributed by atoms with Gasteiger partial charge in [0.15, 0.2) is 5.82 Å². The number of thiol groups is 2. The topological polar surface area (TPSA) is 30.7 Å². The third kappa shape index (κ3) is 3.00. The third-order valence-electron chi connectivity index (χ3n) is 2.41. The average molecular weight is 283 g/mol. The lowest BCUT2D eigenvalue weighted by molar-refractivity contribution is 0.659. The lowest BCUT2D eigenvalue weighted by atomic mass is 10.1. The van der Waals surface area contributed by atoms with E-state index in [1.807, 2.05) is 35.9 Å². The van der Waals surface area contributed by atoms with Gasteiger partial charge in [-0.1, -0.05) is 35.1 Å². The number of aromatic nitrogens is 3. The standard InChI is InChI=1S/C11H13N3S3/c1-2-14-7-12-10(13-14)8-3-5-9(6-4-8)11(15)17-16/h3-7,11,15-16H,2H2,1H3. The van der Waals surface area contributed by atoms with Crippen molar-refractivity contribution in [3.05, 3.63) is 36.2 Å². The maximum absolute atomic E-state index is 4.41. The molecule has 0 spiro atoms. The molecule has 0 fully saturated rings. The Hall–Kier alpha value is -0.590. The van der Waals surface area contributed by atoms with Crippen LogP contribution in [0.1, 0.15) is 17.1 Å². The van der Waals surface area contributed by atoms with Gasteiger partial charge in [-0.15, -0.1) is 11.7 Å². The summed E-state index contributed by atoms with van der Waals surface area (Å²) < 4.78 is 1.90. The van der Waals surface area contributed by atoms with Crippen LogP contribution in [0.25, 0.3) is 11.4 Å². The van der Waals surface area contributed by atoms with Crippen molar-refractivity contribution in [1.82, 2.24) is 14.8 Å². The number of hydrogen-bond donors (Lipinski definition) is 2. The summed E-state index contributed by atoms with van der Waals surface area (Å²) in [5, 5.41) is 4.36.